The number of Topliss-reactive ketones (excluding diaryl/α,β-unsaturated/α-hetero) is 2. The molecule has 3 aliphatic heterocycles. The molecule has 6 amide bonds. The molecule has 5 heterocycles. The Morgan fingerprint density at radius 3 is 1.35 bits per heavy atom. The van der Waals surface area contributed by atoms with Crippen LogP contribution in [0.2, 0.25) is 15.2 Å². The first kappa shape index (κ1) is 101. The number of carbonyl (C=O) groups excluding carboxylic acids is 8. The van der Waals surface area contributed by atoms with Gasteiger partial charge in [0.1, 0.15) is 81.5 Å². The van der Waals surface area contributed by atoms with Gasteiger partial charge in [-0.05, 0) is 215 Å². The number of halogens is 8. The molecule has 0 bridgehead atoms. The molecular formula is C87H104Cl3I5N15O12V2. The van der Waals surface area contributed by atoms with Crippen molar-refractivity contribution >= 4 is 188 Å². The summed E-state index contributed by atoms with van der Waals surface area (Å²) in [7, 11) is 0.628. The Balaban J connectivity index is 0.000000205. The second-order valence-electron chi connectivity index (χ2n) is 32.6. The number of hydrogen-bond donors (Lipinski definition) is 6. The van der Waals surface area contributed by atoms with Gasteiger partial charge >= 0.3 is 114 Å². The summed E-state index contributed by atoms with van der Waals surface area (Å²) in [6, 6.07) is 29.1. The molecule has 27 nitrogen and oxygen atoms in total. The second kappa shape index (κ2) is 51.5. The number of carbonyl (C=O) groups is 8. The minimum atomic E-state index is -0.715. The van der Waals surface area contributed by atoms with Gasteiger partial charge in [-0.25, -0.2) is 19.9 Å². The van der Waals surface area contributed by atoms with E-state index in [1.165, 1.54) is 31.8 Å². The molecule has 8 fully saturated rings. The number of anilines is 1. The topological polar surface area (TPSA) is 355 Å². The quantitative estimate of drug-likeness (QED) is 0.0176. The molecule has 14 rings (SSSR count). The number of benzene rings is 4. The molecule has 8 aliphatic rings. The van der Waals surface area contributed by atoms with E-state index in [2.05, 4.69) is 200 Å². The maximum absolute atomic E-state index is 13.0. The summed E-state index contributed by atoms with van der Waals surface area (Å²) in [6.07, 6.45) is 22.6. The molecule has 37 heteroatoms. The van der Waals surface area contributed by atoms with Gasteiger partial charge in [0.05, 0.1) is 70.6 Å². The number of imide groups is 1. The Labute approximate surface area is 807 Å². The number of aromatic nitrogens is 4. The Bertz CT molecular complexity index is 4630. The van der Waals surface area contributed by atoms with Crippen molar-refractivity contribution in [2.24, 2.45) is 11.8 Å². The van der Waals surface area contributed by atoms with Crippen LogP contribution in [0.15, 0.2) is 110 Å². The summed E-state index contributed by atoms with van der Waals surface area (Å²) < 4.78 is 24.4. The van der Waals surface area contributed by atoms with E-state index in [4.69, 9.17) is 64.3 Å². The van der Waals surface area contributed by atoms with E-state index < -0.39 is 18.0 Å². The molecule has 665 valence electrons. The third-order valence-electron chi connectivity index (χ3n) is 23.4. The fourth-order valence-corrected chi connectivity index (χ4v) is 16.9. The van der Waals surface area contributed by atoms with Crippen LogP contribution in [0.1, 0.15) is 215 Å². The van der Waals surface area contributed by atoms with Gasteiger partial charge in [-0.1, -0.05) is 34.8 Å². The Hall–Kier alpha value is -5.05. The van der Waals surface area contributed by atoms with Crippen LogP contribution in [-0.2, 0) is 33.6 Å². The Morgan fingerprint density at radius 2 is 0.952 bits per heavy atom. The standard InChI is InChI=1S/C43H51ClN8O6.C26H37N3O4.C18H16Cl2N4O2.5HI.2V/c1-26(2)52(31-19-35(20-31)58-32-8-3-28(4-9-32)41(54)49-37-13-14-40(53)50-42(37)55)25-27-15-17-51(18-16-27)39-24-46-38(23-47-39)43(56)48-30-6-11-33(12-7-30)57-34-10-5-29(22-45)36(44)21-34;1-17(2)29(16-18-9-11-27-12-10-18)20-13-23(14-20)33-22-6-3-19(4-7-22)26(32)28-24-8-5-21(30)15-25(24)31;19-15-7-14(4-1-11(15)8-21)26-13-5-2-12(3-6-13)24-18(25)16-9-23-17(20)10-22-16;;;;;;;/h3-5,8-10,21,23-24,26-27,30-31,33,35,37H,6-7,11-20,25H2,1-2H3,(H,48,56)(H,49,54)(H,50,53,55);3-4,6-7,17-18,20,23-24,27H,5,8-16H2,1-2H3,(H,28,32);1,4,7,9-10,12-13H,2-3,5-6H2,(H,24,25);5*1H;;/q;;;;;;;;+2;+3/p-5. The van der Waals surface area contributed by atoms with Crippen LogP contribution in [0.3, 0.4) is 0 Å². The van der Waals surface area contributed by atoms with Crippen LogP contribution in [0, 0.1) is 34.5 Å². The molecule has 0 radical (unpaired) electrons. The molecule has 4 aromatic carbocycles. The van der Waals surface area contributed by atoms with Gasteiger partial charge in [0.2, 0.25) is 11.8 Å². The maximum atomic E-state index is 13.0. The van der Waals surface area contributed by atoms with Crippen molar-refractivity contribution in [1.82, 2.24) is 61.6 Å². The van der Waals surface area contributed by atoms with Crippen molar-refractivity contribution in [2.45, 2.75) is 235 Å². The number of rotatable bonds is 25. The van der Waals surface area contributed by atoms with Gasteiger partial charge in [0, 0.05) is 124 Å². The van der Waals surface area contributed by atoms with Gasteiger partial charge in [-0.15, -0.1) is 0 Å². The summed E-state index contributed by atoms with van der Waals surface area (Å²) >= 11 is 30.0. The first-order valence-electron chi connectivity index (χ1n) is 41.9. The fourth-order valence-electron chi connectivity index (χ4n) is 16.4. The van der Waals surface area contributed by atoms with Crippen molar-refractivity contribution in [1.29, 1.82) is 10.5 Å². The zero-order valence-electron chi connectivity index (χ0n) is 69.4. The van der Waals surface area contributed by atoms with Gasteiger partial charge in [-0.2, -0.15) is 10.5 Å². The molecule has 0 spiro atoms. The van der Waals surface area contributed by atoms with Crippen molar-refractivity contribution in [3.05, 3.63) is 159 Å². The number of ketones is 2. The third kappa shape index (κ3) is 32.2. The van der Waals surface area contributed by atoms with Gasteiger partial charge < -0.3 is 50.4 Å². The van der Waals surface area contributed by atoms with Crippen LogP contribution in [-0.4, -0.2) is 189 Å². The van der Waals surface area contributed by atoms with E-state index in [-0.39, 0.29) is 106 Å². The van der Waals surface area contributed by atoms with Crippen molar-refractivity contribution < 1.29 is 71.7 Å². The first-order chi connectivity index (χ1) is 59.6. The summed E-state index contributed by atoms with van der Waals surface area (Å²) in [5.41, 5.74) is 2.33. The van der Waals surface area contributed by atoms with E-state index in [0.29, 0.717) is 114 Å². The van der Waals surface area contributed by atoms with Crippen LogP contribution < -0.4 is 55.7 Å². The third-order valence-corrected chi connectivity index (χ3v) is 24.2. The fraction of sp³-hybridized carbons (Fsp3) is 0.517. The molecule has 5 aliphatic carbocycles. The number of amides is 6. The molecule has 2 atom stereocenters. The van der Waals surface area contributed by atoms with E-state index in [9.17, 15) is 38.4 Å². The predicted molar refractivity (Wildman–Crippen MR) is 511 cm³/mol. The second-order valence-corrected chi connectivity index (χ2v) is 80.9. The van der Waals surface area contributed by atoms with Crippen LogP contribution >= 0.6 is 135 Å². The van der Waals surface area contributed by atoms with Crippen LogP contribution in [0.25, 0.3) is 0 Å². The van der Waals surface area contributed by atoms with Crippen molar-refractivity contribution in [3.8, 4) is 35.1 Å². The minimum absolute atomic E-state index is 0.0246. The summed E-state index contributed by atoms with van der Waals surface area (Å²) in [6.45, 7) is 15.3. The number of nitrogens with one attached hydrogen (secondary N) is 6. The zero-order valence-corrected chi connectivity index (χ0v) is 85.3. The van der Waals surface area contributed by atoms with Gasteiger partial charge in [0.25, 0.3) is 23.6 Å². The Morgan fingerprint density at radius 1 is 0.532 bits per heavy atom. The SMILES string of the molecule is CC(C)N(CC1CCN(c2cnc(C(=O)NC3CCC(Oc4ccc(C#N)c(Cl)c4)CC3)cn2)CC1)C1CC(Oc2ccc(C(=O)NC3CCC(=O)NC3=O)cc2)C1.CC(C)N(CC1CCNCC1)C1CC(Oc2ccc(C(=O)NC3CCC(=O)CC3=O)cc2)C1.N#Cc1ccc(OC2CCC(NC(=O)c3cnc(Cl)cn3)CC2)cc1Cl.[I][V]([I])[I].[I][V][I]. The van der Waals surface area contributed by atoms with E-state index in [1.807, 2.05) is 18.2 Å². The zero-order chi connectivity index (χ0) is 88.9. The van der Waals surface area contributed by atoms with Gasteiger partial charge in [0.15, 0.2) is 5.78 Å². The average molecular weight is 2390 g/mol. The number of nitriles is 2. The Kier molecular flexibility index (Phi) is 42.0. The van der Waals surface area contributed by atoms with Crippen LogP contribution in [0.5, 0.6) is 23.0 Å². The molecule has 124 heavy (non-hydrogen) atoms. The molecule has 6 N–H and O–H groups in total. The molecular weight excluding hydrogens is 2290 g/mol. The average Bonchev–Trinajstić information content (AvgIpc) is 0.807. The van der Waals surface area contributed by atoms with Gasteiger partial charge in [-0.3, -0.25) is 53.5 Å². The summed E-state index contributed by atoms with van der Waals surface area (Å²) in [5.74, 6) is 2.76. The number of nitrogens with zero attached hydrogens (tertiary/aromatic N) is 9. The van der Waals surface area contributed by atoms with E-state index in [0.717, 1.165) is 140 Å². The van der Waals surface area contributed by atoms with E-state index in [1.54, 1.807) is 85.2 Å². The molecule has 3 saturated heterocycles. The monoisotopic (exact) mass is 2390 g/mol. The number of hydrogen-bond acceptors (Lipinski definition) is 22. The molecule has 5 saturated carbocycles. The molecule has 2 aromatic heterocycles. The first-order valence-corrected chi connectivity index (χ1v) is 65.6. The van der Waals surface area contributed by atoms with Crippen molar-refractivity contribution in [3.63, 3.8) is 0 Å². The number of ether oxygens (including phenoxy) is 4. The summed E-state index contributed by atoms with van der Waals surface area (Å²) in [5, 5.41) is 36.3. The van der Waals surface area contributed by atoms with Crippen molar-refractivity contribution in [2.75, 3.05) is 44.2 Å². The predicted octanol–water partition coefficient (Wildman–Crippen LogP) is 16.1. The van der Waals surface area contributed by atoms with E-state index >= 15 is 0 Å². The number of piperidine rings is 3. The normalized spacial score (nSPS) is 22.6. The van der Waals surface area contributed by atoms with Crippen LogP contribution in [0.4, 0.5) is 5.82 Å². The molecule has 6 aromatic rings. The molecule has 2 unspecified atom stereocenters. The summed E-state index contributed by atoms with van der Waals surface area (Å²) in [4.78, 5) is 121.